The van der Waals surface area contributed by atoms with Crippen LogP contribution < -0.4 is 10.3 Å². The van der Waals surface area contributed by atoms with Crippen molar-refractivity contribution in [3.05, 3.63) is 69.8 Å². The first-order valence-corrected chi connectivity index (χ1v) is 7.92. The van der Waals surface area contributed by atoms with E-state index in [0.29, 0.717) is 11.1 Å². The van der Waals surface area contributed by atoms with Crippen molar-refractivity contribution in [1.29, 1.82) is 0 Å². The fourth-order valence-electron chi connectivity index (χ4n) is 1.81. The van der Waals surface area contributed by atoms with Crippen LogP contribution in [-0.4, -0.2) is 19.2 Å². The summed E-state index contributed by atoms with van der Waals surface area (Å²) in [5.41, 5.74) is 2.90. The van der Waals surface area contributed by atoms with E-state index in [-0.39, 0.29) is 10.6 Å². The summed E-state index contributed by atoms with van der Waals surface area (Å²) in [5, 5.41) is 10.5. The molecule has 8 nitrogen and oxygen atoms in total. The first-order valence-electron chi connectivity index (χ1n) is 6.43. The number of hydrogen-bond donors (Lipinski definition) is 2. The molecular weight excluding hydrogens is 322 g/mol. The van der Waals surface area contributed by atoms with Gasteiger partial charge < -0.3 is 0 Å². The first kappa shape index (κ1) is 16.6. The fourth-order valence-corrected chi connectivity index (χ4v) is 2.65. The number of carbonyl (C=O) groups is 1. The maximum atomic E-state index is 12.0. The molecule has 0 fully saturated rings. The molecule has 2 N–H and O–H groups in total. The Labute approximate surface area is 132 Å². The van der Waals surface area contributed by atoms with Gasteiger partial charge in [-0.1, -0.05) is 18.2 Å². The van der Waals surface area contributed by atoms with Gasteiger partial charge in [-0.2, -0.15) is 0 Å². The molecule has 2 aromatic rings. The third-order valence-corrected chi connectivity index (χ3v) is 4.31. The summed E-state index contributed by atoms with van der Waals surface area (Å²) in [5.74, 6) is -0.603. The summed E-state index contributed by atoms with van der Waals surface area (Å²) in [4.78, 5) is 23.6. The lowest BCUT2D eigenvalue weighted by Crippen LogP contribution is -2.41. The lowest BCUT2D eigenvalue weighted by molar-refractivity contribution is -0.384. The maximum Gasteiger partial charge on any atom is 0.269 e. The van der Waals surface area contributed by atoms with E-state index in [2.05, 4.69) is 5.43 Å². The van der Waals surface area contributed by atoms with Gasteiger partial charge in [0.25, 0.3) is 21.6 Å². The second kappa shape index (κ2) is 6.55. The summed E-state index contributed by atoms with van der Waals surface area (Å²) in [6.07, 6.45) is 0. The normalized spacial score (nSPS) is 11.0. The number of nitro groups is 1. The summed E-state index contributed by atoms with van der Waals surface area (Å²) < 4.78 is 24.1. The Kier molecular flexibility index (Phi) is 4.72. The molecule has 0 aliphatic carbocycles. The molecular formula is C14H13N3O5S. The fraction of sp³-hybridized carbons (Fsp3) is 0.0714. The van der Waals surface area contributed by atoms with E-state index in [0.717, 1.165) is 24.3 Å². The van der Waals surface area contributed by atoms with Crippen LogP contribution in [-0.2, 0) is 10.0 Å². The summed E-state index contributed by atoms with van der Waals surface area (Å²) in [6, 6.07) is 11.0. The molecule has 0 atom stereocenters. The molecule has 0 saturated heterocycles. The number of amides is 1. The molecule has 2 rings (SSSR count). The minimum atomic E-state index is -4.02. The van der Waals surface area contributed by atoms with Crippen molar-refractivity contribution >= 4 is 21.6 Å². The molecule has 0 bridgehead atoms. The van der Waals surface area contributed by atoms with E-state index in [1.165, 1.54) is 0 Å². The molecule has 0 saturated carbocycles. The van der Waals surface area contributed by atoms with Gasteiger partial charge in [0.05, 0.1) is 9.82 Å². The van der Waals surface area contributed by atoms with Crippen LogP contribution in [0.25, 0.3) is 0 Å². The zero-order valence-corrected chi connectivity index (χ0v) is 12.8. The predicted octanol–water partition coefficient (Wildman–Crippen LogP) is 1.53. The van der Waals surface area contributed by atoms with Crippen LogP contribution in [0.1, 0.15) is 15.9 Å². The van der Waals surface area contributed by atoms with Crippen LogP contribution in [0, 0.1) is 17.0 Å². The van der Waals surface area contributed by atoms with Crippen molar-refractivity contribution in [2.75, 3.05) is 0 Å². The van der Waals surface area contributed by atoms with Crippen LogP contribution >= 0.6 is 0 Å². The maximum absolute atomic E-state index is 12.0. The van der Waals surface area contributed by atoms with Gasteiger partial charge in [-0.25, -0.2) is 8.42 Å². The molecule has 0 aliphatic rings. The van der Waals surface area contributed by atoms with Crippen molar-refractivity contribution in [2.45, 2.75) is 11.8 Å². The SMILES string of the molecule is Cc1ccccc1C(=O)NNS(=O)(=O)c1ccc([N+](=O)[O-])cc1. The van der Waals surface area contributed by atoms with Gasteiger partial charge in [-0.3, -0.25) is 20.3 Å². The molecule has 0 aliphatic heterocycles. The van der Waals surface area contributed by atoms with Crippen LogP contribution in [0.4, 0.5) is 5.69 Å². The van der Waals surface area contributed by atoms with Gasteiger partial charge >= 0.3 is 0 Å². The second-order valence-electron chi connectivity index (χ2n) is 4.63. The molecule has 0 aromatic heterocycles. The van der Waals surface area contributed by atoms with E-state index in [9.17, 15) is 23.3 Å². The standard InChI is InChI=1S/C14H13N3O5S/c1-10-4-2-3-5-13(10)14(18)15-16-23(21,22)12-8-6-11(7-9-12)17(19)20/h2-9,16H,1H3,(H,15,18). The molecule has 120 valence electrons. The largest absolute Gasteiger partial charge is 0.273 e. The summed E-state index contributed by atoms with van der Waals surface area (Å²) in [7, 11) is -4.02. The molecule has 0 heterocycles. The van der Waals surface area contributed by atoms with E-state index in [4.69, 9.17) is 0 Å². The summed E-state index contributed by atoms with van der Waals surface area (Å²) in [6.45, 7) is 1.72. The lowest BCUT2D eigenvalue weighted by atomic mass is 10.1. The number of nitro benzene ring substituents is 1. The number of nitrogens with zero attached hydrogens (tertiary/aromatic N) is 1. The third-order valence-electron chi connectivity index (χ3n) is 3.05. The number of nitrogens with one attached hydrogen (secondary N) is 2. The highest BCUT2D eigenvalue weighted by atomic mass is 32.2. The Morgan fingerprint density at radius 2 is 1.70 bits per heavy atom. The Morgan fingerprint density at radius 3 is 2.26 bits per heavy atom. The molecule has 1 amide bonds. The van der Waals surface area contributed by atoms with Crippen molar-refractivity contribution in [3.63, 3.8) is 0 Å². The van der Waals surface area contributed by atoms with Gasteiger partial charge in [-0.05, 0) is 30.7 Å². The zero-order valence-electron chi connectivity index (χ0n) is 12.0. The average Bonchev–Trinajstić information content (AvgIpc) is 2.53. The van der Waals surface area contributed by atoms with Gasteiger partial charge in [-0.15, -0.1) is 4.83 Å². The lowest BCUT2D eigenvalue weighted by Gasteiger charge is -2.09. The Morgan fingerprint density at radius 1 is 1.09 bits per heavy atom. The van der Waals surface area contributed by atoms with Crippen LogP contribution in [0.3, 0.4) is 0 Å². The number of rotatable bonds is 5. The van der Waals surface area contributed by atoms with Crippen LogP contribution in [0.2, 0.25) is 0 Å². The number of sulfonamides is 1. The van der Waals surface area contributed by atoms with E-state index >= 15 is 0 Å². The van der Waals surface area contributed by atoms with Gasteiger partial charge in [0, 0.05) is 17.7 Å². The first-order chi connectivity index (χ1) is 10.8. The van der Waals surface area contributed by atoms with Crippen molar-refractivity contribution < 1.29 is 18.1 Å². The van der Waals surface area contributed by atoms with Gasteiger partial charge in [0.1, 0.15) is 0 Å². The number of aryl methyl sites for hydroxylation is 1. The third kappa shape index (κ3) is 3.90. The van der Waals surface area contributed by atoms with Crippen molar-refractivity contribution in [3.8, 4) is 0 Å². The highest BCUT2D eigenvalue weighted by Gasteiger charge is 2.17. The number of non-ortho nitro benzene ring substituents is 1. The molecule has 2 aromatic carbocycles. The van der Waals surface area contributed by atoms with E-state index in [1.807, 2.05) is 4.83 Å². The number of benzene rings is 2. The van der Waals surface area contributed by atoms with Crippen LogP contribution in [0.15, 0.2) is 53.4 Å². The highest BCUT2D eigenvalue weighted by Crippen LogP contribution is 2.15. The topological polar surface area (TPSA) is 118 Å². The zero-order chi connectivity index (χ0) is 17.0. The Bertz CT molecular complexity index is 847. The molecule has 0 radical (unpaired) electrons. The molecule has 9 heteroatoms. The van der Waals surface area contributed by atoms with E-state index in [1.54, 1.807) is 31.2 Å². The van der Waals surface area contributed by atoms with Crippen molar-refractivity contribution in [2.24, 2.45) is 0 Å². The van der Waals surface area contributed by atoms with Crippen molar-refractivity contribution in [1.82, 2.24) is 10.3 Å². The minimum Gasteiger partial charge on any atom is -0.273 e. The molecule has 0 spiro atoms. The molecule has 0 unspecified atom stereocenters. The highest BCUT2D eigenvalue weighted by molar-refractivity contribution is 7.89. The van der Waals surface area contributed by atoms with Gasteiger partial charge in [0.15, 0.2) is 0 Å². The predicted molar refractivity (Wildman–Crippen MR) is 82.1 cm³/mol. The quantitative estimate of drug-likeness (QED) is 0.634. The average molecular weight is 335 g/mol. The number of carbonyl (C=O) groups excluding carboxylic acids is 1. The van der Waals surface area contributed by atoms with Gasteiger partial charge in [0.2, 0.25) is 0 Å². The summed E-state index contributed by atoms with van der Waals surface area (Å²) >= 11 is 0. The Balaban J connectivity index is 2.11. The Hall–Kier alpha value is -2.78. The monoisotopic (exact) mass is 335 g/mol. The molecule has 23 heavy (non-hydrogen) atoms. The van der Waals surface area contributed by atoms with Crippen LogP contribution in [0.5, 0.6) is 0 Å². The number of hydrazine groups is 1. The second-order valence-corrected chi connectivity index (χ2v) is 6.31. The number of hydrogen-bond acceptors (Lipinski definition) is 5. The van der Waals surface area contributed by atoms with E-state index < -0.39 is 20.9 Å². The smallest absolute Gasteiger partial charge is 0.269 e. The minimum absolute atomic E-state index is 0.201.